The molecule has 1 aromatic carbocycles. The highest BCUT2D eigenvalue weighted by atomic mass is 16.7. The molecule has 1 saturated heterocycles. The van der Waals surface area contributed by atoms with Gasteiger partial charge in [-0.3, -0.25) is 4.98 Å². The summed E-state index contributed by atoms with van der Waals surface area (Å²) in [6.45, 7) is 10.4. The maximum absolute atomic E-state index is 6.18. The quantitative estimate of drug-likeness (QED) is 0.746. The first kappa shape index (κ1) is 13.6. The van der Waals surface area contributed by atoms with Crippen LogP contribution in [0.1, 0.15) is 33.3 Å². The van der Waals surface area contributed by atoms with Gasteiger partial charge in [-0.05, 0) is 51.6 Å². The lowest BCUT2D eigenvalue weighted by Gasteiger charge is -2.32. The van der Waals surface area contributed by atoms with Crippen LogP contribution >= 0.6 is 0 Å². The van der Waals surface area contributed by atoms with Crippen molar-refractivity contribution < 1.29 is 9.31 Å². The zero-order chi connectivity index (χ0) is 14.5. The average Bonchev–Trinajstić information content (AvgIpc) is 2.57. The first-order valence-corrected chi connectivity index (χ1v) is 7.02. The van der Waals surface area contributed by atoms with Gasteiger partial charge < -0.3 is 9.31 Å². The molecule has 20 heavy (non-hydrogen) atoms. The fourth-order valence-corrected chi connectivity index (χ4v) is 2.53. The van der Waals surface area contributed by atoms with Crippen LogP contribution in [0.15, 0.2) is 30.5 Å². The lowest BCUT2D eigenvalue weighted by molar-refractivity contribution is 0.00578. The first-order chi connectivity index (χ1) is 9.32. The molecule has 3 nitrogen and oxygen atoms in total. The normalized spacial score (nSPS) is 20.6. The SMILES string of the molecule is Cc1ccc2cccnc2c1B1OC(C)(C)C(C)(C)O1. The van der Waals surface area contributed by atoms with E-state index in [1.54, 1.807) is 0 Å². The van der Waals surface area contributed by atoms with E-state index in [0.717, 1.165) is 21.9 Å². The maximum atomic E-state index is 6.18. The molecule has 1 fully saturated rings. The molecule has 0 N–H and O–H groups in total. The number of hydrogen-bond donors (Lipinski definition) is 0. The molecule has 0 radical (unpaired) electrons. The highest BCUT2D eigenvalue weighted by Gasteiger charge is 2.52. The summed E-state index contributed by atoms with van der Waals surface area (Å²) in [7, 11) is -0.362. The van der Waals surface area contributed by atoms with Crippen LogP contribution in [0.3, 0.4) is 0 Å². The monoisotopic (exact) mass is 269 g/mol. The van der Waals surface area contributed by atoms with Gasteiger partial charge >= 0.3 is 7.12 Å². The van der Waals surface area contributed by atoms with Gasteiger partial charge in [-0.25, -0.2) is 0 Å². The Hall–Kier alpha value is -1.39. The molecule has 0 aliphatic carbocycles. The minimum Gasteiger partial charge on any atom is -0.399 e. The molecule has 1 aliphatic heterocycles. The van der Waals surface area contributed by atoms with Gasteiger partial charge in [0.1, 0.15) is 0 Å². The second-order valence-electron chi connectivity index (χ2n) is 6.46. The number of rotatable bonds is 1. The van der Waals surface area contributed by atoms with Crippen LogP contribution in [0, 0.1) is 6.92 Å². The van der Waals surface area contributed by atoms with Crippen LogP contribution < -0.4 is 5.46 Å². The fraction of sp³-hybridized carbons (Fsp3) is 0.438. The molecule has 2 heterocycles. The highest BCUT2D eigenvalue weighted by Crippen LogP contribution is 2.37. The van der Waals surface area contributed by atoms with Crippen LogP contribution in [0.2, 0.25) is 0 Å². The number of aromatic nitrogens is 1. The van der Waals surface area contributed by atoms with E-state index in [2.05, 4.69) is 57.8 Å². The van der Waals surface area contributed by atoms with E-state index in [9.17, 15) is 0 Å². The van der Waals surface area contributed by atoms with Crippen molar-refractivity contribution in [3.8, 4) is 0 Å². The van der Waals surface area contributed by atoms with Crippen LogP contribution in [-0.4, -0.2) is 23.3 Å². The Morgan fingerprint density at radius 1 is 1.00 bits per heavy atom. The molecule has 104 valence electrons. The van der Waals surface area contributed by atoms with Crippen LogP contribution in [0.5, 0.6) is 0 Å². The van der Waals surface area contributed by atoms with E-state index < -0.39 is 0 Å². The predicted molar refractivity (Wildman–Crippen MR) is 82.2 cm³/mol. The van der Waals surface area contributed by atoms with E-state index >= 15 is 0 Å². The van der Waals surface area contributed by atoms with Gasteiger partial charge in [0.25, 0.3) is 0 Å². The van der Waals surface area contributed by atoms with Gasteiger partial charge in [0, 0.05) is 11.7 Å². The van der Waals surface area contributed by atoms with Crippen LogP contribution in [0.4, 0.5) is 0 Å². The first-order valence-electron chi connectivity index (χ1n) is 7.02. The summed E-state index contributed by atoms with van der Waals surface area (Å²) in [6.07, 6.45) is 1.82. The number of nitrogens with zero attached hydrogens (tertiary/aromatic N) is 1. The minimum atomic E-state index is -0.362. The summed E-state index contributed by atoms with van der Waals surface area (Å²) in [6, 6.07) is 8.21. The molecule has 0 saturated carbocycles. The number of benzene rings is 1. The molecular formula is C16H20BNO2. The molecule has 0 unspecified atom stereocenters. The van der Waals surface area contributed by atoms with Gasteiger partial charge in [0.15, 0.2) is 0 Å². The third kappa shape index (κ3) is 1.95. The molecule has 0 atom stereocenters. The predicted octanol–water partition coefficient (Wildman–Crippen LogP) is 2.84. The number of pyridine rings is 1. The molecule has 0 spiro atoms. The summed E-state index contributed by atoms with van der Waals surface area (Å²) >= 11 is 0. The van der Waals surface area contributed by atoms with Gasteiger partial charge in [0.05, 0.1) is 16.7 Å². The van der Waals surface area contributed by atoms with Crippen LogP contribution in [-0.2, 0) is 9.31 Å². The second kappa shape index (κ2) is 4.30. The molecule has 4 heteroatoms. The van der Waals surface area contributed by atoms with E-state index in [1.807, 2.05) is 12.3 Å². The zero-order valence-corrected chi connectivity index (χ0v) is 12.7. The molecular weight excluding hydrogens is 249 g/mol. The van der Waals surface area contributed by atoms with Crippen molar-refractivity contribution in [3.05, 3.63) is 36.0 Å². The third-order valence-electron chi connectivity index (χ3n) is 4.52. The van der Waals surface area contributed by atoms with Crippen molar-refractivity contribution in [1.29, 1.82) is 0 Å². The number of aryl methyl sites for hydroxylation is 1. The van der Waals surface area contributed by atoms with Gasteiger partial charge in [-0.15, -0.1) is 0 Å². The van der Waals surface area contributed by atoms with Crippen molar-refractivity contribution in [3.63, 3.8) is 0 Å². The lowest BCUT2D eigenvalue weighted by Crippen LogP contribution is -2.41. The third-order valence-corrected chi connectivity index (χ3v) is 4.52. The fourth-order valence-electron chi connectivity index (χ4n) is 2.53. The Kier molecular flexibility index (Phi) is 2.92. The Morgan fingerprint density at radius 2 is 1.65 bits per heavy atom. The summed E-state index contributed by atoms with van der Waals surface area (Å²) < 4.78 is 12.4. The lowest BCUT2D eigenvalue weighted by atomic mass is 9.75. The van der Waals surface area contributed by atoms with Crippen molar-refractivity contribution in [1.82, 2.24) is 4.98 Å². The molecule has 0 bridgehead atoms. The van der Waals surface area contributed by atoms with E-state index in [-0.39, 0.29) is 18.3 Å². The summed E-state index contributed by atoms with van der Waals surface area (Å²) in [5.74, 6) is 0. The average molecular weight is 269 g/mol. The van der Waals surface area contributed by atoms with Crippen molar-refractivity contribution >= 4 is 23.5 Å². The Labute approximate surface area is 120 Å². The van der Waals surface area contributed by atoms with E-state index in [1.165, 1.54) is 0 Å². The number of fused-ring (bicyclic) bond motifs is 1. The largest absolute Gasteiger partial charge is 0.497 e. The smallest absolute Gasteiger partial charge is 0.399 e. The molecule has 1 aromatic heterocycles. The Bertz CT molecular complexity index is 651. The standard InChI is InChI=1S/C16H20BNO2/c1-11-8-9-12-7-6-10-18-14(12)13(11)17-19-15(2,3)16(4,5)20-17/h6-10H,1-5H3. The topological polar surface area (TPSA) is 31.4 Å². The van der Waals surface area contributed by atoms with Crippen LogP contribution in [0.25, 0.3) is 10.9 Å². The molecule has 0 amide bonds. The van der Waals surface area contributed by atoms with Gasteiger partial charge in [-0.1, -0.05) is 18.2 Å². The van der Waals surface area contributed by atoms with E-state index in [4.69, 9.17) is 9.31 Å². The summed E-state index contributed by atoms with van der Waals surface area (Å²) in [4.78, 5) is 4.52. The highest BCUT2D eigenvalue weighted by molar-refractivity contribution is 6.65. The molecule has 2 aromatic rings. The molecule has 1 aliphatic rings. The number of hydrogen-bond acceptors (Lipinski definition) is 3. The zero-order valence-electron chi connectivity index (χ0n) is 12.7. The second-order valence-corrected chi connectivity index (χ2v) is 6.46. The minimum absolute atomic E-state index is 0.332. The Morgan fingerprint density at radius 3 is 2.30 bits per heavy atom. The van der Waals surface area contributed by atoms with Crippen molar-refractivity contribution in [2.24, 2.45) is 0 Å². The Balaban J connectivity index is 2.14. The van der Waals surface area contributed by atoms with Gasteiger partial charge in [-0.2, -0.15) is 0 Å². The summed E-state index contributed by atoms with van der Waals surface area (Å²) in [5.41, 5.74) is 2.49. The summed E-state index contributed by atoms with van der Waals surface area (Å²) in [5, 5.41) is 1.11. The maximum Gasteiger partial charge on any atom is 0.497 e. The van der Waals surface area contributed by atoms with E-state index in [0.29, 0.717) is 0 Å². The van der Waals surface area contributed by atoms with Crippen molar-refractivity contribution in [2.75, 3.05) is 0 Å². The van der Waals surface area contributed by atoms with Crippen molar-refractivity contribution in [2.45, 2.75) is 45.8 Å². The molecule has 3 rings (SSSR count). The van der Waals surface area contributed by atoms with Gasteiger partial charge in [0.2, 0.25) is 0 Å².